The zero-order chi connectivity index (χ0) is 17.2. The molecule has 1 saturated heterocycles. The standard InChI is InChI=1S/C19H29N5O/c1-20-18(25)12-24-10-15(13-6-7-13)17(11-24)23-19-21-9-8-16(22-19)14-4-2-3-5-14/h8-9,13-15,17H,2-7,10-12H2,1H3,(H,20,25)(H,21,22,23)/t15-,17+/m1/s1. The van der Waals surface area contributed by atoms with Crippen LogP contribution >= 0.6 is 0 Å². The van der Waals surface area contributed by atoms with E-state index in [1.54, 1.807) is 7.05 Å². The maximum atomic E-state index is 11.7. The second-order valence-electron chi connectivity index (χ2n) is 7.91. The summed E-state index contributed by atoms with van der Waals surface area (Å²) in [5.74, 6) is 2.86. The van der Waals surface area contributed by atoms with Crippen molar-refractivity contribution in [3.63, 3.8) is 0 Å². The molecule has 3 fully saturated rings. The summed E-state index contributed by atoms with van der Waals surface area (Å²) in [6.07, 6.45) is 9.68. The zero-order valence-electron chi connectivity index (χ0n) is 15.1. The predicted octanol–water partition coefficient (Wildman–Crippen LogP) is 2.00. The highest BCUT2D eigenvalue weighted by Crippen LogP contribution is 2.42. The van der Waals surface area contributed by atoms with Crippen molar-refractivity contribution in [2.75, 3.05) is 32.0 Å². The Labute approximate surface area is 149 Å². The number of likely N-dealkylation sites (N-methyl/N-ethyl adjacent to an activating group) is 1. The summed E-state index contributed by atoms with van der Waals surface area (Å²) in [4.78, 5) is 23.3. The van der Waals surface area contributed by atoms with Crippen LogP contribution in [0.25, 0.3) is 0 Å². The molecule has 0 spiro atoms. The largest absolute Gasteiger partial charge is 0.358 e. The summed E-state index contributed by atoms with van der Waals surface area (Å²) in [5, 5.41) is 6.33. The molecule has 0 radical (unpaired) electrons. The van der Waals surface area contributed by atoms with E-state index in [4.69, 9.17) is 4.98 Å². The minimum absolute atomic E-state index is 0.0923. The van der Waals surface area contributed by atoms with Gasteiger partial charge in [0.1, 0.15) is 0 Å². The number of nitrogens with one attached hydrogen (secondary N) is 2. The molecule has 0 aromatic carbocycles. The highest BCUT2D eigenvalue weighted by atomic mass is 16.1. The van der Waals surface area contributed by atoms with Crippen molar-refractivity contribution in [2.24, 2.45) is 11.8 Å². The van der Waals surface area contributed by atoms with E-state index in [-0.39, 0.29) is 5.91 Å². The molecule has 1 aromatic rings. The molecule has 136 valence electrons. The summed E-state index contributed by atoms with van der Waals surface area (Å²) >= 11 is 0. The first-order valence-electron chi connectivity index (χ1n) is 9.75. The lowest BCUT2D eigenvalue weighted by Crippen LogP contribution is -2.35. The summed E-state index contributed by atoms with van der Waals surface area (Å²) in [6.45, 7) is 2.38. The maximum absolute atomic E-state index is 11.7. The molecule has 0 bridgehead atoms. The van der Waals surface area contributed by atoms with E-state index in [1.807, 2.05) is 6.20 Å². The van der Waals surface area contributed by atoms with Crippen LogP contribution in [0.4, 0.5) is 5.95 Å². The van der Waals surface area contributed by atoms with E-state index < -0.39 is 0 Å². The van der Waals surface area contributed by atoms with Crippen molar-refractivity contribution >= 4 is 11.9 Å². The molecule has 3 aliphatic rings. The number of amides is 1. The van der Waals surface area contributed by atoms with Crippen LogP contribution in [0.15, 0.2) is 12.3 Å². The number of hydrogen-bond acceptors (Lipinski definition) is 5. The fourth-order valence-corrected chi connectivity index (χ4v) is 4.54. The van der Waals surface area contributed by atoms with Crippen LogP contribution < -0.4 is 10.6 Å². The average Bonchev–Trinajstić information content (AvgIpc) is 3.16. The van der Waals surface area contributed by atoms with Gasteiger partial charge in [0.25, 0.3) is 0 Å². The Balaban J connectivity index is 1.43. The molecule has 2 aliphatic carbocycles. The van der Waals surface area contributed by atoms with E-state index in [1.165, 1.54) is 44.2 Å². The SMILES string of the molecule is CNC(=O)CN1C[C@H](Nc2nccc(C3CCCC3)n2)[C@@H](C2CC2)C1. The van der Waals surface area contributed by atoms with E-state index >= 15 is 0 Å². The third kappa shape index (κ3) is 3.94. The molecule has 1 aliphatic heterocycles. The second kappa shape index (κ2) is 7.28. The summed E-state index contributed by atoms with van der Waals surface area (Å²) in [5.41, 5.74) is 1.19. The lowest BCUT2D eigenvalue weighted by atomic mass is 9.98. The number of rotatable bonds is 6. The number of hydrogen-bond donors (Lipinski definition) is 2. The van der Waals surface area contributed by atoms with E-state index in [0.717, 1.165) is 25.0 Å². The molecule has 25 heavy (non-hydrogen) atoms. The fourth-order valence-electron chi connectivity index (χ4n) is 4.54. The monoisotopic (exact) mass is 343 g/mol. The van der Waals surface area contributed by atoms with Crippen molar-refractivity contribution in [2.45, 2.75) is 50.5 Å². The molecule has 4 rings (SSSR count). The average molecular weight is 343 g/mol. The minimum Gasteiger partial charge on any atom is -0.358 e. The van der Waals surface area contributed by atoms with Gasteiger partial charge in [0.2, 0.25) is 11.9 Å². The molecule has 1 amide bonds. The molecule has 6 heteroatoms. The maximum Gasteiger partial charge on any atom is 0.233 e. The van der Waals surface area contributed by atoms with Gasteiger partial charge in [0.05, 0.1) is 6.54 Å². The van der Waals surface area contributed by atoms with Gasteiger partial charge in [-0.05, 0) is 43.6 Å². The third-order valence-corrected chi connectivity index (χ3v) is 6.08. The quantitative estimate of drug-likeness (QED) is 0.827. The smallest absolute Gasteiger partial charge is 0.233 e. The fraction of sp³-hybridized carbons (Fsp3) is 0.737. The molecule has 2 heterocycles. The van der Waals surface area contributed by atoms with Crippen LogP contribution in [0.2, 0.25) is 0 Å². The van der Waals surface area contributed by atoms with E-state index in [9.17, 15) is 4.79 Å². The van der Waals surface area contributed by atoms with Gasteiger partial charge in [-0.25, -0.2) is 9.97 Å². The van der Waals surface area contributed by atoms with Crippen molar-refractivity contribution in [3.8, 4) is 0 Å². The van der Waals surface area contributed by atoms with Gasteiger partial charge in [-0.15, -0.1) is 0 Å². The Hall–Kier alpha value is -1.69. The van der Waals surface area contributed by atoms with Crippen molar-refractivity contribution in [1.82, 2.24) is 20.2 Å². The number of carbonyl (C=O) groups is 1. The number of anilines is 1. The molecule has 6 nitrogen and oxygen atoms in total. The Bertz CT molecular complexity index is 612. The molecular formula is C19H29N5O. The summed E-state index contributed by atoms with van der Waals surface area (Å²) < 4.78 is 0. The van der Waals surface area contributed by atoms with Gasteiger partial charge in [0.15, 0.2) is 0 Å². The molecule has 2 saturated carbocycles. The first-order chi connectivity index (χ1) is 12.2. The predicted molar refractivity (Wildman–Crippen MR) is 97.4 cm³/mol. The summed E-state index contributed by atoms with van der Waals surface area (Å²) in [6, 6.07) is 2.42. The number of nitrogens with zero attached hydrogens (tertiary/aromatic N) is 3. The lowest BCUT2D eigenvalue weighted by molar-refractivity contribution is -0.121. The molecular weight excluding hydrogens is 314 g/mol. The Morgan fingerprint density at radius 2 is 2.04 bits per heavy atom. The zero-order valence-corrected chi connectivity index (χ0v) is 15.1. The van der Waals surface area contributed by atoms with Gasteiger partial charge >= 0.3 is 0 Å². The lowest BCUT2D eigenvalue weighted by Gasteiger charge is -2.20. The van der Waals surface area contributed by atoms with Gasteiger partial charge < -0.3 is 10.6 Å². The number of likely N-dealkylation sites (tertiary alicyclic amines) is 1. The van der Waals surface area contributed by atoms with Crippen molar-refractivity contribution in [3.05, 3.63) is 18.0 Å². The number of aromatic nitrogens is 2. The van der Waals surface area contributed by atoms with Crippen LogP contribution in [-0.4, -0.2) is 53.5 Å². The van der Waals surface area contributed by atoms with Gasteiger partial charge in [-0.3, -0.25) is 9.69 Å². The van der Waals surface area contributed by atoms with Gasteiger partial charge in [-0.1, -0.05) is 12.8 Å². The molecule has 2 N–H and O–H groups in total. The molecule has 1 aromatic heterocycles. The van der Waals surface area contributed by atoms with Crippen molar-refractivity contribution in [1.29, 1.82) is 0 Å². The Kier molecular flexibility index (Phi) is 4.88. The van der Waals surface area contributed by atoms with Gasteiger partial charge in [0, 0.05) is 44.0 Å². The second-order valence-corrected chi connectivity index (χ2v) is 7.91. The summed E-state index contributed by atoms with van der Waals surface area (Å²) in [7, 11) is 1.70. The van der Waals surface area contributed by atoms with E-state index in [2.05, 4.69) is 26.6 Å². The Morgan fingerprint density at radius 1 is 1.24 bits per heavy atom. The minimum atomic E-state index is 0.0923. The molecule has 0 unspecified atom stereocenters. The van der Waals surface area contributed by atoms with E-state index in [0.29, 0.717) is 24.4 Å². The highest BCUT2D eigenvalue weighted by molar-refractivity contribution is 5.77. The first kappa shape index (κ1) is 16.8. The third-order valence-electron chi connectivity index (χ3n) is 6.08. The topological polar surface area (TPSA) is 70.2 Å². The van der Waals surface area contributed by atoms with Crippen LogP contribution in [-0.2, 0) is 4.79 Å². The van der Waals surface area contributed by atoms with Crippen LogP contribution in [0.1, 0.15) is 50.1 Å². The Morgan fingerprint density at radius 3 is 2.76 bits per heavy atom. The molecule has 2 atom stereocenters. The van der Waals surface area contributed by atoms with Crippen LogP contribution in [0, 0.1) is 11.8 Å². The normalized spacial score (nSPS) is 27.6. The van der Waals surface area contributed by atoms with Crippen LogP contribution in [0.3, 0.4) is 0 Å². The van der Waals surface area contributed by atoms with Gasteiger partial charge in [-0.2, -0.15) is 0 Å². The first-order valence-corrected chi connectivity index (χ1v) is 9.75. The van der Waals surface area contributed by atoms with Crippen molar-refractivity contribution < 1.29 is 4.79 Å². The number of carbonyl (C=O) groups excluding carboxylic acids is 1. The highest BCUT2D eigenvalue weighted by Gasteiger charge is 2.43. The van der Waals surface area contributed by atoms with Crippen LogP contribution in [0.5, 0.6) is 0 Å².